The normalized spacial score (nSPS) is 22.9. The fourth-order valence-electron chi connectivity index (χ4n) is 3.36. The van der Waals surface area contributed by atoms with Crippen LogP contribution < -0.4 is 5.32 Å². The van der Waals surface area contributed by atoms with Gasteiger partial charge in [0.05, 0.1) is 0 Å². The van der Waals surface area contributed by atoms with Crippen LogP contribution in [-0.2, 0) is 0 Å². The Kier molecular flexibility index (Phi) is 4.74. The Morgan fingerprint density at radius 1 is 1.10 bits per heavy atom. The second kappa shape index (κ2) is 6.73. The zero-order chi connectivity index (χ0) is 13.8. The monoisotopic (exact) mass is 272 g/mol. The second-order valence-corrected chi connectivity index (χ2v) is 6.60. The van der Waals surface area contributed by atoms with E-state index >= 15 is 0 Å². The molecule has 0 radical (unpaired) electrons. The molecular formula is C18H28N2. The smallest absolute Gasteiger partial charge is 0.00964 e. The van der Waals surface area contributed by atoms with Crippen molar-refractivity contribution in [3.8, 4) is 0 Å². The molecule has 1 saturated heterocycles. The first-order valence-electron chi connectivity index (χ1n) is 8.35. The van der Waals surface area contributed by atoms with E-state index < -0.39 is 0 Å². The van der Waals surface area contributed by atoms with Crippen LogP contribution in [0.15, 0.2) is 30.3 Å². The Balaban J connectivity index is 1.34. The lowest BCUT2D eigenvalue weighted by molar-refractivity contribution is 0.189. The summed E-state index contributed by atoms with van der Waals surface area (Å²) in [6, 6.07) is 12.6. The Hall–Kier alpha value is -0.860. The first-order chi connectivity index (χ1) is 9.83. The summed E-state index contributed by atoms with van der Waals surface area (Å²) in [5.74, 6) is 0.662. The van der Waals surface area contributed by atoms with Crippen LogP contribution in [0.3, 0.4) is 0 Å². The van der Waals surface area contributed by atoms with E-state index in [9.17, 15) is 0 Å². The average Bonchev–Trinajstić information content (AvgIpc) is 3.33. The van der Waals surface area contributed by atoms with E-state index in [1.54, 1.807) is 0 Å². The van der Waals surface area contributed by atoms with Crippen LogP contribution >= 0.6 is 0 Å². The van der Waals surface area contributed by atoms with Gasteiger partial charge < -0.3 is 10.2 Å². The topological polar surface area (TPSA) is 15.3 Å². The zero-order valence-corrected chi connectivity index (χ0v) is 12.7. The summed E-state index contributed by atoms with van der Waals surface area (Å²) in [6.07, 6.45) is 6.83. The van der Waals surface area contributed by atoms with Crippen molar-refractivity contribution in [3.63, 3.8) is 0 Å². The van der Waals surface area contributed by atoms with Gasteiger partial charge in [-0.25, -0.2) is 0 Å². The molecule has 2 fully saturated rings. The van der Waals surface area contributed by atoms with Crippen LogP contribution in [-0.4, -0.2) is 36.6 Å². The Morgan fingerprint density at radius 2 is 1.80 bits per heavy atom. The highest BCUT2D eigenvalue weighted by atomic mass is 15.2. The zero-order valence-electron chi connectivity index (χ0n) is 12.7. The van der Waals surface area contributed by atoms with Crippen LogP contribution in [0, 0.1) is 0 Å². The Morgan fingerprint density at radius 3 is 2.45 bits per heavy atom. The van der Waals surface area contributed by atoms with E-state index in [-0.39, 0.29) is 0 Å². The van der Waals surface area contributed by atoms with E-state index in [0.29, 0.717) is 5.92 Å². The highest BCUT2D eigenvalue weighted by Gasteiger charge is 2.31. The predicted molar refractivity (Wildman–Crippen MR) is 85.1 cm³/mol. The van der Waals surface area contributed by atoms with Gasteiger partial charge in [0.2, 0.25) is 0 Å². The summed E-state index contributed by atoms with van der Waals surface area (Å²) < 4.78 is 0. The lowest BCUT2D eigenvalue weighted by Gasteiger charge is -2.32. The van der Waals surface area contributed by atoms with Crippen LogP contribution in [0.25, 0.3) is 0 Å². The second-order valence-electron chi connectivity index (χ2n) is 6.60. The van der Waals surface area contributed by atoms with Gasteiger partial charge in [0.1, 0.15) is 0 Å². The maximum Gasteiger partial charge on any atom is 0.00964 e. The van der Waals surface area contributed by atoms with Gasteiger partial charge in [-0.05, 0) is 63.2 Å². The van der Waals surface area contributed by atoms with Gasteiger partial charge in [0.15, 0.2) is 0 Å². The SMILES string of the molecule is CC(CCNC1CCN(C2CC2)CC1)c1ccccc1. The molecule has 0 amide bonds. The van der Waals surface area contributed by atoms with Crippen molar-refractivity contribution < 1.29 is 0 Å². The molecule has 1 unspecified atom stereocenters. The number of rotatable bonds is 6. The van der Waals surface area contributed by atoms with Gasteiger partial charge in [-0.3, -0.25) is 0 Å². The fourth-order valence-corrected chi connectivity index (χ4v) is 3.36. The largest absolute Gasteiger partial charge is 0.314 e. The third kappa shape index (κ3) is 3.83. The summed E-state index contributed by atoms with van der Waals surface area (Å²) in [5.41, 5.74) is 1.47. The van der Waals surface area contributed by atoms with E-state index in [0.717, 1.165) is 18.6 Å². The highest BCUT2D eigenvalue weighted by molar-refractivity contribution is 5.18. The minimum atomic E-state index is 0.662. The number of piperidine rings is 1. The molecule has 0 spiro atoms. The van der Waals surface area contributed by atoms with Crippen molar-refractivity contribution in [1.29, 1.82) is 0 Å². The maximum atomic E-state index is 3.78. The molecule has 2 aliphatic rings. The van der Waals surface area contributed by atoms with E-state index in [2.05, 4.69) is 47.5 Å². The Labute approximate surface area is 123 Å². The van der Waals surface area contributed by atoms with E-state index in [4.69, 9.17) is 0 Å². The Bertz CT molecular complexity index is 391. The predicted octanol–water partition coefficient (Wildman–Crippen LogP) is 3.40. The van der Waals surface area contributed by atoms with Gasteiger partial charge in [-0.2, -0.15) is 0 Å². The summed E-state index contributed by atoms with van der Waals surface area (Å²) in [6.45, 7) is 6.13. The van der Waals surface area contributed by atoms with Crippen LogP contribution in [0.5, 0.6) is 0 Å². The molecule has 2 nitrogen and oxygen atoms in total. The van der Waals surface area contributed by atoms with Crippen molar-refractivity contribution in [2.75, 3.05) is 19.6 Å². The number of hydrogen-bond donors (Lipinski definition) is 1. The number of hydrogen-bond acceptors (Lipinski definition) is 2. The molecular weight excluding hydrogens is 244 g/mol. The number of nitrogens with one attached hydrogen (secondary N) is 1. The molecule has 1 saturated carbocycles. The van der Waals surface area contributed by atoms with Crippen molar-refractivity contribution >= 4 is 0 Å². The molecule has 1 aromatic carbocycles. The minimum absolute atomic E-state index is 0.662. The molecule has 1 N–H and O–H groups in total. The van der Waals surface area contributed by atoms with Crippen LogP contribution in [0.1, 0.15) is 50.5 Å². The maximum absolute atomic E-state index is 3.78. The van der Waals surface area contributed by atoms with E-state index in [1.807, 2.05) is 0 Å². The first kappa shape index (κ1) is 14.1. The number of nitrogens with zero attached hydrogens (tertiary/aromatic N) is 1. The molecule has 2 heteroatoms. The molecule has 0 bridgehead atoms. The molecule has 3 rings (SSSR count). The molecule has 1 atom stereocenters. The summed E-state index contributed by atoms with van der Waals surface area (Å²) >= 11 is 0. The van der Waals surface area contributed by atoms with Crippen molar-refractivity contribution in [2.45, 2.75) is 57.0 Å². The summed E-state index contributed by atoms with van der Waals surface area (Å²) in [4.78, 5) is 2.70. The minimum Gasteiger partial charge on any atom is -0.314 e. The van der Waals surface area contributed by atoms with Gasteiger partial charge in [-0.15, -0.1) is 0 Å². The van der Waals surface area contributed by atoms with Crippen LogP contribution in [0.2, 0.25) is 0 Å². The third-order valence-corrected chi connectivity index (χ3v) is 4.97. The third-order valence-electron chi connectivity index (χ3n) is 4.97. The summed E-state index contributed by atoms with van der Waals surface area (Å²) in [5, 5.41) is 3.78. The lowest BCUT2D eigenvalue weighted by Crippen LogP contribution is -2.43. The van der Waals surface area contributed by atoms with Gasteiger partial charge >= 0.3 is 0 Å². The van der Waals surface area contributed by atoms with Crippen molar-refractivity contribution in [3.05, 3.63) is 35.9 Å². The lowest BCUT2D eigenvalue weighted by atomic mass is 9.97. The summed E-state index contributed by atoms with van der Waals surface area (Å²) in [7, 11) is 0. The first-order valence-corrected chi connectivity index (χ1v) is 8.35. The quantitative estimate of drug-likeness (QED) is 0.854. The molecule has 1 aromatic rings. The molecule has 1 heterocycles. The fraction of sp³-hybridized carbons (Fsp3) is 0.667. The molecule has 1 aliphatic heterocycles. The van der Waals surface area contributed by atoms with Crippen molar-refractivity contribution in [2.24, 2.45) is 0 Å². The highest BCUT2D eigenvalue weighted by Crippen LogP contribution is 2.29. The molecule has 20 heavy (non-hydrogen) atoms. The average molecular weight is 272 g/mol. The van der Waals surface area contributed by atoms with Crippen LogP contribution in [0.4, 0.5) is 0 Å². The van der Waals surface area contributed by atoms with Gasteiger partial charge in [-0.1, -0.05) is 37.3 Å². The molecule has 0 aromatic heterocycles. The molecule has 110 valence electrons. The van der Waals surface area contributed by atoms with Crippen molar-refractivity contribution in [1.82, 2.24) is 10.2 Å². The number of benzene rings is 1. The molecule has 1 aliphatic carbocycles. The van der Waals surface area contributed by atoms with Gasteiger partial charge in [0, 0.05) is 12.1 Å². The van der Waals surface area contributed by atoms with E-state index in [1.165, 1.54) is 50.8 Å². The van der Waals surface area contributed by atoms with Gasteiger partial charge in [0.25, 0.3) is 0 Å². The standard InChI is InChI=1S/C18H28N2/c1-15(16-5-3-2-4-6-16)9-12-19-17-10-13-20(14-11-17)18-7-8-18/h2-6,15,17-19H,7-14H2,1H3. The number of likely N-dealkylation sites (tertiary alicyclic amines) is 1.